The summed E-state index contributed by atoms with van der Waals surface area (Å²) in [5, 5.41) is 3.50. The van der Waals surface area contributed by atoms with Crippen LogP contribution in [0.4, 0.5) is 5.69 Å². The number of methoxy groups -OCH3 is 1. The van der Waals surface area contributed by atoms with Crippen LogP contribution in [0.2, 0.25) is 0 Å². The van der Waals surface area contributed by atoms with Gasteiger partial charge in [0.2, 0.25) is 0 Å². The minimum atomic E-state index is 0.246. The van der Waals surface area contributed by atoms with Crippen molar-refractivity contribution in [3.05, 3.63) is 59.7 Å². The van der Waals surface area contributed by atoms with Crippen molar-refractivity contribution in [3.8, 4) is 5.75 Å². The molecule has 0 aromatic heterocycles. The molecule has 3 rings (SSSR count). The van der Waals surface area contributed by atoms with Crippen molar-refractivity contribution in [2.45, 2.75) is 5.25 Å². The highest BCUT2D eigenvalue weighted by Gasteiger charge is 2.24. The minimum Gasteiger partial charge on any atom is -0.497 e. The Balaban J connectivity index is 2.02. The molecule has 1 N–H and O–H groups in total. The van der Waals surface area contributed by atoms with Gasteiger partial charge >= 0.3 is 0 Å². The number of para-hydroxylation sites is 1. The molecule has 2 aromatic rings. The van der Waals surface area contributed by atoms with Crippen LogP contribution >= 0.6 is 24.0 Å². The summed E-state index contributed by atoms with van der Waals surface area (Å²) in [6.45, 7) is 0. The lowest BCUT2D eigenvalue weighted by Gasteiger charge is -2.26. The molecule has 1 unspecified atom stereocenters. The molecule has 1 aliphatic rings. The van der Waals surface area contributed by atoms with Gasteiger partial charge in [-0.15, -0.1) is 0 Å². The SMILES string of the molecule is COc1ccc(C2SC(=S)Nc3ccccc32)cc1. The molecule has 0 saturated heterocycles. The van der Waals surface area contributed by atoms with Crippen LogP contribution in [0, 0.1) is 0 Å². The lowest BCUT2D eigenvalue weighted by molar-refractivity contribution is 0.414. The number of hydrogen-bond acceptors (Lipinski definition) is 3. The Morgan fingerprint density at radius 1 is 1.11 bits per heavy atom. The normalized spacial score (nSPS) is 17.5. The van der Waals surface area contributed by atoms with Crippen LogP contribution in [0.25, 0.3) is 0 Å². The third-order valence-corrected chi connectivity index (χ3v) is 4.59. The van der Waals surface area contributed by atoms with Crippen molar-refractivity contribution < 1.29 is 4.74 Å². The first kappa shape index (κ1) is 12.5. The number of thioether (sulfide) groups is 1. The Bertz CT molecular complexity index is 610. The summed E-state index contributed by atoms with van der Waals surface area (Å²) >= 11 is 7.01. The van der Waals surface area contributed by atoms with E-state index >= 15 is 0 Å². The quantitative estimate of drug-likeness (QED) is 0.834. The van der Waals surface area contributed by atoms with Crippen molar-refractivity contribution >= 4 is 34.0 Å². The molecule has 0 aliphatic carbocycles. The van der Waals surface area contributed by atoms with E-state index in [0.29, 0.717) is 0 Å². The summed E-state index contributed by atoms with van der Waals surface area (Å²) in [6, 6.07) is 16.5. The van der Waals surface area contributed by atoms with Crippen LogP contribution in [-0.2, 0) is 0 Å². The highest BCUT2D eigenvalue weighted by Crippen LogP contribution is 2.43. The molecule has 4 heteroatoms. The third-order valence-electron chi connectivity index (χ3n) is 3.12. The van der Waals surface area contributed by atoms with E-state index in [1.165, 1.54) is 11.1 Å². The molecule has 0 fully saturated rings. The molecule has 0 saturated carbocycles. The standard InChI is InChI=1S/C15H13NOS2/c1-17-11-8-6-10(7-9-11)14-12-4-2-3-5-13(12)16-15(18)19-14/h2-9,14H,1H3,(H,16,18). The number of fused-ring (bicyclic) bond motifs is 1. The Morgan fingerprint density at radius 2 is 1.84 bits per heavy atom. The zero-order valence-electron chi connectivity index (χ0n) is 10.4. The highest BCUT2D eigenvalue weighted by atomic mass is 32.2. The molecule has 1 heterocycles. The predicted octanol–water partition coefficient (Wildman–Crippen LogP) is 4.23. The topological polar surface area (TPSA) is 21.3 Å². The van der Waals surface area contributed by atoms with Gasteiger partial charge in [-0.3, -0.25) is 0 Å². The Labute approximate surface area is 122 Å². The largest absolute Gasteiger partial charge is 0.497 e. The van der Waals surface area contributed by atoms with Gasteiger partial charge in [-0.25, -0.2) is 0 Å². The van der Waals surface area contributed by atoms with Gasteiger partial charge < -0.3 is 10.1 Å². The molecule has 0 amide bonds. The molecule has 1 aliphatic heterocycles. The fraction of sp³-hybridized carbons (Fsp3) is 0.133. The number of nitrogens with one attached hydrogen (secondary N) is 1. The summed E-state index contributed by atoms with van der Waals surface area (Å²) in [7, 11) is 1.68. The van der Waals surface area contributed by atoms with E-state index in [2.05, 4.69) is 35.6 Å². The molecular weight excluding hydrogens is 274 g/mol. The van der Waals surface area contributed by atoms with E-state index in [1.54, 1.807) is 18.9 Å². The summed E-state index contributed by atoms with van der Waals surface area (Å²) in [5.74, 6) is 0.874. The third kappa shape index (κ3) is 2.46. The van der Waals surface area contributed by atoms with Gasteiger partial charge in [0.15, 0.2) is 0 Å². The fourth-order valence-corrected chi connectivity index (χ4v) is 3.58. The zero-order valence-corrected chi connectivity index (χ0v) is 12.1. The second-order valence-corrected chi connectivity index (χ2v) is 6.05. The predicted molar refractivity (Wildman–Crippen MR) is 85.1 cm³/mol. The van der Waals surface area contributed by atoms with Crippen molar-refractivity contribution in [3.63, 3.8) is 0 Å². The highest BCUT2D eigenvalue weighted by molar-refractivity contribution is 8.23. The van der Waals surface area contributed by atoms with Gasteiger partial charge in [0.05, 0.1) is 12.4 Å². The lowest BCUT2D eigenvalue weighted by atomic mass is 10.0. The molecule has 19 heavy (non-hydrogen) atoms. The molecular formula is C15H13NOS2. The average molecular weight is 287 g/mol. The number of anilines is 1. The summed E-state index contributed by atoms with van der Waals surface area (Å²) in [4.78, 5) is 0. The maximum atomic E-state index is 5.33. The number of rotatable bonds is 2. The first-order valence-corrected chi connectivity index (χ1v) is 7.27. The van der Waals surface area contributed by atoms with Crippen molar-refractivity contribution in [1.82, 2.24) is 0 Å². The van der Waals surface area contributed by atoms with E-state index in [-0.39, 0.29) is 5.25 Å². The Hall–Kier alpha value is -1.52. The second kappa shape index (κ2) is 5.23. The molecule has 2 aromatic carbocycles. The van der Waals surface area contributed by atoms with Crippen LogP contribution in [0.15, 0.2) is 48.5 Å². The van der Waals surface area contributed by atoms with Gasteiger partial charge in [0.1, 0.15) is 10.1 Å². The second-order valence-electron chi connectivity index (χ2n) is 4.27. The Kier molecular flexibility index (Phi) is 3.44. The molecule has 0 spiro atoms. The molecule has 2 nitrogen and oxygen atoms in total. The summed E-state index contributed by atoms with van der Waals surface area (Å²) in [6.07, 6.45) is 0. The van der Waals surface area contributed by atoms with Gasteiger partial charge in [-0.2, -0.15) is 0 Å². The minimum absolute atomic E-state index is 0.246. The summed E-state index contributed by atoms with van der Waals surface area (Å²) < 4.78 is 6.02. The first-order chi connectivity index (χ1) is 9.28. The molecule has 1 atom stereocenters. The number of thiocarbonyl (C=S) groups is 1. The maximum absolute atomic E-state index is 5.33. The molecule has 0 bridgehead atoms. The van der Waals surface area contributed by atoms with E-state index in [1.807, 2.05) is 18.2 Å². The van der Waals surface area contributed by atoms with Gasteiger partial charge in [0, 0.05) is 5.69 Å². The van der Waals surface area contributed by atoms with E-state index < -0.39 is 0 Å². The molecule has 0 radical (unpaired) electrons. The van der Waals surface area contributed by atoms with Crippen LogP contribution in [0.5, 0.6) is 5.75 Å². The van der Waals surface area contributed by atoms with Crippen LogP contribution in [0.3, 0.4) is 0 Å². The van der Waals surface area contributed by atoms with Crippen molar-refractivity contribution in [2.75, 3.05) is 12.4 Å². The molecule has 96 valence electrons. The van der Waals surface area contributed by atoms with E-state index in [9.17, 15) is 0 Å². The zero-order chi connectivity index (χ0) is 13.2. The number of hydrogen-bond donors (Lipinski definition) is 1. The average Bonchev–Trinajstić information content (AvgIpc) is 2.46. The number of ether oxygens (including phenoxy) is 1. The monoisotopic (exact) mass is 287 g/mol. The maximum Gasteiger partial charge on any atom is 0.139 e. The Morgan fingerprint density at radius 3 is 2.58 bits per heavy atom. The number of benzene rings is 2. The van der Waals surface area contributed by atoms with Gasteiger partial charge in [-0.1, -0.05) is 54.3 Å². The van der Waals surface area contributed by atoms with E-state index in [4.69, 9.17) is 17.0 Å². The smallest absolute Gasteiger partial charge is 0.139 e. The fourth-order valence-electron chi connectivity index (χ4n) is 2.18. The summed E-state index contributed by atoms with van der Waals surface area (Å²) in [5.41, 5.74) is 3.61. The van der Waals surface area contributed by atoms with Crippen LogP contribution < -0.4 is 10.1 Å². The lowest BCUT2D eigenvalue weighted by Crippen LogP contribution is -2.16. The van der Waals surface area contributed by atoms with Gasteiger partial charge in [-0.05, 0) is 29.3 Å². The van der Waals surface area contributed by atoms with Crippen LogP contribution in [0.1, 0.15) is 16.4 Å². The first-order valence-electron chi connectivity index (χ1n) is 5.98. The van der Waals surface area contributed by atoms with Crippen LogP contribution in [-0.4, -0.2) is 11.4 Å². The van der Waals surface area contributed by atoms with Crippen molar-refractivity contribution in [2.24, 2.45) is 0 Å². The van der Waals surface area contributed by atoms with E-state index in [0.717, 1.165) is 15.8 Å². The van der Waals surface area contributed by atoms with Gasteiger partial charge in [0.25, 0.3) is 0 Å². The van der Waals surface area contributed by atoms with Crippen molar-refractivity contribution in [1.29, 1.82) is 0 Å².